The molecule has 2 atom stereocenters. The first-order chi connectivity index (χ1) is 15.1. The van der Waals surface area contributed by atoms with E-state index in [0.717, 1.165) is 16.0 Å². The number of phenols is 1. The third-order valence-electron chi connectivity index (χ3n) is 4.74. The molecule has 9 nitrogen and oxygen atoms in total. The smallest absolute Gasteiger partial charge is 0.334 e. The molecular weight excluding hydrogens is 416 g/mol. The summed E-state index contributed by atoms with van der Waals surface area (Å²) in [6.07, 6.45) is -1.75. The van der Waals surface area contributed by atoms with Crippen molar-refractivity contribution in [2.24, 2.45) is 5.92 Å². The molecule has 0 aliphatic carbocycles. The van der Waals surface area contributed by atoms with Crippen LogP contribution in [0.4, 0.5) is 4.79 Å². The summed E-state index contributed by atoms with van der Waals surface area (Å²) < 4.78 is 0. The van der Waals surface area contributed by atoms with E-state index in [1.807, 2.05) is 26.0 Å². The number of aliphatic hydroxyl groups excluding tert-OH is 1. The quantitative estimate of drug-likeness (QED) is 0.377. The number of carbonyl (C=O) groups is 3. The standard InChI is InChI=1S/C23H28N2O7/c1-14(2)12-25(13-20(27)22(30)31)23(32)24-19(21(28)29)11-15-3-5-16(6-4-15)17-7-9-18(26)10-8-17/h3-10,14,19-20,26-27H,11-13H2,1-2H3,(H,24,32)(H,28,29)(H,30,31)/t19-,20-/m0/s1. The van der Waals surface area contributed by atoms with Crippen LogP contribution in [0.15, 0.2) is 48.5 Å². The van der Waals surface area contributed by atoms with Crippen LogP contribution in [0.3, 0.4) is 0 Å². The highest BCUT2D eigenvalue weighted by molar-refractivity contribution is 5.83. The Hall–Kier alpha value is -3.59. The number of urea groups is 1. The van der Waals surface area contributed by atoms with E-state index in [1.165, 1.54) is 0 Å². The number of carbonyl (C=O) groups excluding carboxylic acids is 1. The molecule has 2 aromatic rings. The topological polar surface area (TPSA) is 147 Å². The third kappa shape index (κ3) is 7.28. The lowest BCUT2D eigenvalue weighted by molar-refractivity contribution is -0.147. The van der Waals surface area contributed by atoms with Gasteiger partial charge in [-0.1, -0.05) is 50.2 Å². The zero-order valence-electron chi connectivity index (χ0n) is 17.9. The average Bonchev–Trinajstić information content (AvgIpc) is 2.73. The van der Waals surface area contributed by atoms with Gasteiger partial charge in [-0.3, -0.25) is 0 Å². The van der Waals surface area contributed by atoms with E-state index in [9.17, 15) is 29.7 Å². The summed E-state index contributed by atoms with van der Waals surface area (Å²) in [7, 11) is 0. The summed E-state index contributed by atoms with van der Waals surface area (Å²) >= 11 is 0. The van der Waals surface area contributed by atoms with Gasteiger partial charge < -0.3 is 30.6 Å². The molecule has 0 unspecified atom stereocenters. The van der Waals surface area contributed by atoms with E-state index in [2.05, 4.69) is 5.32 Å². The Morgan fingerprint density at radius 2 is 1.41 bits per heavy atom. The van der Waals surface area contributed by atoms with E-state index in [1.54, 1.807) is 36.4 Å². The second-order valence-electron chi connectivity index (χ2n) is 7.94. The molecule has 0 heterocycles. The Kier molecular flexibility index (Phi) is 8.60. The molecule has 32 heavy (non-hydrogen) atoms. The fourth-order valence-corrected chi connectivity index (χ4v) is 3.13. The molecule has 0 saturated carbocycles. The Morgan fingerprint density at radius 1 is 0.875 bits per heavy atom. The van der Waals surface area contributed by atoms with Crippen LogP contribution in [0.2, 0.25) is 0 Å². The summed E-state index contributed by atoms with van der Waals surface area (Å²) in [6, 6.07) is 11.8. The zero-order chi connectivity index (χ0) is 23.8. The molecule has 0 aliphatic rings. The third-order valence-corrected chi connectivity index (χ3v) is 4.74. The number of aliphatic carboxylic acids is 2. The molecule has 0 fully saturated rings. The van der Waals surface area contributed by atoms with Gasteiger partial charge >= 0.3 is 18.0 Å². The molecule has 9 heteroatoms. The molecule has 0 aliphatic heterocycles. The average molecular weight is 444 g/mol. The molecule has 0 saturated heterocycles. The first-order valence-electron chi connectivity index (χ1n) is 10.1. The van der Waals surface area contributed by atoms with Gasteiger partial charge in [0, 0.05) is 13.0 Å². The first-order valence-corrected chi connectivity index (χ1v) is 10.1. The van der Waals surface area contributed by atoms with Gasteiger partial charge in [-0.05, 0) is 34.7 Å². The van der Waals surface area contributed by atoms with Gasteiger partial charge in [-0.25, -0.2) is 14.4 Å². The lowest BCUT2D eigenvalue weighted by Crippen LogP contribution is -2.52. The van der Waals surface area contributed by atoms with Crippen molar-refractivity contribution in [3.63, 3.8) is 0 Å². The summed E-state index contributed by atoms with van der Waals surface area (Å²) in [5.41, 5.74) is 2.45. The van der Waals surface area contributed by atoms with E-state index < -0.39 is 36.7 Å². The van der Waals surface area contributed by atoms with Crippen LogP contribution >= 0.6 is 0 Å². The van der Waals surface area contributed by atoms with E-state index in [-0.39, 0.29) is 24.6 Å². The second-order valence-corrected chi connectivity index (χ2v) is 7.94. The van der Waals surface area contributed by atoms with Crippen LogP contribution in [0.25, 0.3) is 11.1 Å². The van der Waals surface area contributed by atoms with E-state index in [4.69, 9.17) is 5.11 Å². The summed E-state index contributed by atoms with van der Waals surface area (Å²) in [5, 5.41) is 39.9. The van der Waals surface area contributed by atoms with Crippen molar-refractivity contribution in [1.82, 2.24) is 10.2 Å². The molecule has 2 amide bonds. The molecule has 0 bridgehead atoms. The van der Waals surface area contributed by atoms with Crippen LogP contribution < -0.4 is 5.32 Å². The molecule has 0 spiro atoms. The molecular formula is C23H28N2O7. The minimum atomic E-state index is -1.77. The van der Waals surface area contributed by atoms with Crippen molar-refractivity contribution in [1.29, 1.82) is 0 Å². The molecule has 2 rings (SSSR count). The van der Waals surface area contributed by atoms with Crippen molar-refractivity contribution in [3.05, 3.63) is 54.1 Å². The Balaban J connectivity index is 2.10. The monoisotopic (exact) mass is 444 g/mol. The van der Waals surface area contributed by atoms with Crippen molar-refractivity contribution in [2.45, 2.75) is 32.4 Å². The summed E-state index contributed by atoms with van der Waals surface area (Å²) in [4.78, 5) is 36.4. The van der Waals surface area contributed by atoms with Crippen LogP contribution in [-0.2, 0) is 16.0 Å². The van der Waals surface area contributed by atoms with Crippen molar-refractivity contribution in [3.8, 4) is 16.9 Å². The lowest BCUT2D eigenvalue weighted by Gasteiger charge is -2.27. The normalized spacial score (nSPS) is 12.8. The minimum Gasteiger partial charge on any atom is -0.508 e. The van der Waals surface area contributed by atoms with Gasteiger partial charge in [-0.2, -0.15) is 0 Å². The fraction of sp³-hybridized carbons (Fsp3) is 0.348. The number of aliphatic hydroxyl groups is 1. The maximum Gasteiger partial charge on any atom is 0.334 e. The number of nitrogens with zero attached hydrogens (tertiary/aromatic N) is 1. The number of rotatable bonds is 10. The van der Waals surface area contributed by atoms with E-state index >= 15 is 0 Å². The number of phenolic OH excluding ortho intramolecular Hbond substituents is 1. The lowest BCUT2D eigenvalue weighted by atomic mass is 10.0. The van der Waals surface area contributed by atoms with Crippen LogP contribution in [0.1, 0.15) is 19.4 Å². The van der Waals surface area contributed by atoms with Gasteiger partial charge in [-0.15, -0.1) is 0 Å². The highest BCUT2D eigenvalue weighted by Gasteiger charge is 2.27. The van der Waals surface area contributed by atoms with Crippen LogP contribution in [0.5, 0.6) is 5.75 Å². The maximum atomic E-state index is 12.6. The number of amides is 2. The van der Waals surface area contributed by atoms with Gasteiger partial charge in [0.05, 0.1) is 6.54 Å². The maximum absolute atomic E-state index is 12.6. The SMILES string of the molecule is CC(C)CN(C[C@H](O)C(=O)O)C(=O)N[C@@H](Cc1ccc(-c2ccc(O)cc2)cc1)C(=O)O. The van der Waals surface area contributed by atoms with Gasteiger partial charge in [0.2, 0.25) is 0 Å². The molecule has 172 valence electrons. The minimum absolute atomic E-state index is 0.0162. The predicted octanol–water partition coefficient (Wildman–Crippen LogP) is 2.17. The predicted molar refractivity (Wildman–Crippen MR) is 117 cm³/mol. The second kappa shape index (κ2) is 11.1. The van der Waals surface area contributed by atoms with Crippen molar-refractivity contribution in [2.75, 3.05) is 13.1 Å². The van der Waals surface area contributed by atoms with Crippen LogP contribution in [-0.4, -0.2) is 68.5 Å². The number of hydrogen-bond donors (Lipinski definition) is 5. The molecule has 0 radical (unpaired) electrons. The van der Waals surface area contributed by atoms with Crippen LogP contribution in [0, 0.1) is 5.92 Å². The zero-order valence-corrected chi connectivity index (χ0v) is 17.9. The largest absolute Gasteiger partial charge is 0.508 e. The number of aromatic hydroxyl groups is 1. The number of benzene rings is 2. The van der Waals surface area contributed by atoms with Crippen molar-refractivity contribution >= 4 is 18.0 Å². The number of hydrogen-bond acceptors (Lipinski definition) is 5. The first kappa shape index (κ1) is 24.7. The van der Waals surface area contributed by atoms with Gasteiger partial charge in [0.1, 0.15) is 11.8 Å². The fourth-order valence-electron chi connectivity index (χ4n) is 3.13. The number of carboxylic acid groups (broad SMARTS) is 2. The van der Waals surface area contributed by atoms with Crippen molar-refractivity contribution < 1.29 is 34.8 Å². The molecule has 5 N–H and O–H groups in total. The molecule has 2 aromatic carbocycles. The Bertz CT molecular complexity index is 926. The number of carboxylic acids is 2. The van der Waals surface area contributed by atoms with E-state index in [0.29, 0.717) is 5.56 Å². The highest BCUT2D eigenvalue weighted by Crippen LogP contribution is 2.22. The van der Waals surface area contributed by atoms with Gasteiger partial charge in [0.15, 0.2) is 6.10 Å². The van der Waals surface area contributed by atoms with Gasteiger partial charge in [0.25, 0.3) is 0 Å². The summed E-state index contributed by atoms with van der Waals surface area (Å²) in [5.74, 6) is -2.55. The molecule has 0 aromatic heterocycles. The number of nitrogens with one attached hydrogen (secondary N) is 1. The highest BCUT2D eigenvalue weighted by atomic mass is 16.4. The summed E-state index contributed by atoms with van der Waals surface area (Å²) in [6.45, 7) is 3.34. The Morgan fingerprint density at radius 3 is 1.88 bits per heavy atom. The Labute approximate surface area is 185 Å².